The molecule has 2 aromatic rings. The van der Waals surface area contributed by atoms with E-state index in [2.05, 4.69) is 10.3 Å². The molecule has 1 saturated heterocycles. The quantitative estimate of drug-likeness (QED) is 0.890. The second kappa shape index (κ2) is 7.50. The maximum absolute atomic E-state index is 13.0. The van der Waals surface area contributed by atoms with Crippen LogP contribution in [0.2, 0.25) is 0 Å². The van der Waals surface area contributed by atoms with Crippen molar-refractivity contribution in [3.63, 3.8) is 0 Å². The average Bonchev–Trinajstić information content (AvgIpc) is 2.97. The number of imidazole rings is 1. The van der Waals surface area contributed by atoms with E-state index < -0.39 is 6.43 Å². The highest BCUT2D eigenvalue weighted by Crippen LogP contribution is 2.24. The smallest absolute Gasteiger partial charge is 0.317 e. The van der Waals surface area contributed by atoms with Crippen LogP contribution in [-0.2, 0) is 7.05 Å². The summed E-state index contributed by atoms with van der Waals surface area (Å²) in [5.74, 6) is -0.510. The molecule has 0 spiro atoms. The number of hydrogen-bond donors (Lipinski definition) is 1. The van der Waals surface area contributed by atoms with Crippen molar-refractivity contribution in [3.05, 3.63) is 29.6 Å². The number of amides is 3. The van der Waals surface area contributed by atoms with E-state index in [4.69, 9.17) is 0 Å². The van der Waals surface area contributed by atoms with Crippen LogP contribution in [0.3, 0.4) is 0 Å². The Balaban J connectivity index is 1.77. The molecule has 1 N–H and O–H groups in total. The number of carbonyl (C=O) groups is 2. The van der Waals surface area contributed by atoms with Crippen molar-refractivity contribution >= 4 is 23.0 Å². The highest BCUT2D eigenvalue weighted by atomic mass is 19.3. The Morgan fingerprint density at radius 2 is 2.07 bits per heavy atom. The lowest BCUT2D eigenvalue weighted by Crippen LogP contribution is -2.51. The van der Waals surface area contributed by atoms with Crippen LogP contribution in [0.1, 0.15) is 35.4 Å². The summed E-state index contributed by atoms with van der Waals surface area (Å²) in [5, 5.41) is 2.90. The summed E-state index contributed by atoms with van der Waals surface area (Å²) in [6.45, 7) is 1.01. The fourth-order valence-electron chi connectivity index (χ4n) is 3.31. The first-order chi connectivity index (χ1) is 12.8. The van der Waals surface area contributed by atoms with Gasteiger partial charge in [0.1, 0.15) is 0 Å². The van der Waals surface area contributed by atoms with E-state index in [1.807, 2.05) is 0 Å². The molecule has 7 nitrogen and oxygen atoms in total. The number of likely N-dealkylation sites (tertiary alicyclic amines) is 1. The molecular formula is C18H23F2N5O2. The van der Waals surface area contributed by atoms with Gasteiger partial charge in [0.25, 0.3) is 12.3 Å². The third-order valence-corrected chi connectivity index (χ3v) is 4.80. The van der Waals surface area contributed by atoms with Crippen LogP contribution >= 0.6 is 0 Å². The third kappa shape index (κ3) is 3.86. The molecule has 1 aliphatic heterocycles. The number of fused-ring (bicyclic) bond motifs is 1. The second-order valence-electron chi connectivity index (χ2n) is 6.97. The fourth-order valence-corrected chi connectivity index (χ4v) is 3.31. The van der Waals surface area contributed by atoms with Crippen molar-refractivity contribution in [1.29, 1.82) is 0 Å². The van der Waals surface area contributed by atoms with Crippen LogP contribution in [0, 0.1) is 0 Å². The number of alkyl halides is 2. The molecular weight excluding hydrogens is 356 g/mol. The molecule has 9 heteroatoms. The van der Waals surface area contributed by atoms with E-state index in [1.54, 1.807) is 37.2 Å². The minimum Gasteiger partial charge on any atom is -0.337 e. The number of urea groups is 1. The van der Waals surface area contributed by atoms with Gasteiger partial charge in [0.05, 0.1) is 11.0 Å². The summed E-state index contributed by atoms with van der Waals surface area (Å²) in [6, 6.07) is 4.51. The van der Waals surface area contributed by atoms with Crippen molar-refractivity contribution < 1.29 is 18.4 Å². The minimum absolute atomic E-state index is 0.110. The number of aryl methyl sites for hydroxylation is 1. The van der Waals surface area contributed by atoms with E-state index >= 15 is 0 Å². The van der Waals surface area contributed by atoms with Gasteiger partial charge in [-0.2, -0.15) is 0 Å². The summed E-state index contributed by atoms with van der Waals surface area (Å²) in [6.07, 6.45) is -1.09. The highest BCUT2D eigenvalue weighted by Gasteiger charge is 2.26. The Kier molecular flexibility index (Phi) is 5.29. The maximum atomic E-state index is 13.0. The molecule has 1 aromatic carbocycles. The Morgan fingerprint density at radius 3 is 2.74 bits per heavy atom. The van der Waals surface area contributed by atoms with Gasteiger partial charge in [0.2, 0.25) is 0 Å². The number of nitrogens with zero attached hydrogens (tertiary/aromatic N) is 4. The molecule has 1 unspecified atom stereocenters. The van der Waals surface area contributed by atoms with Crippen molar-refractivity contribution in [2.24, 2.45) is 7.05 Å². The van der Waals surface area contributed by atoms with Gasteiger partial charge in [-0.05, 0) is 31.0 Å². The Bertz CT molecular complexity index is 865. The number of halogens is 2. The zero-order valence-electron chi connectivity index (χ0n) is 15.6. The number of benzene rings is 1. The summed E-state index contributed by atoms with van der Waals surface area (Å²) in [7, 11) is 4.86. The van der Waals surface area contributed by atoms with E-state index in [-0.39, 0.29) is 23.8 Å². The molecule has 0 aliphatic carbocycles. The molecule has 146 valence electrons. The van der Waals surface area contributed by atoms with Gasteiger partial charge in [-0.15, -0.1) is 0 Å². The van der Waals surface area contributed by atoms with Crippen molar-refractivity contribution in [1.82, 2.24) is 24.7 Å². The van der Waals surface area contributed by atoms with Gasteiger partial charge in [0, 0.05) is 45.8 Å². The van der Waals surface area contributed by atoms with Crippen LogP contribution in [0.5, 0.6) is 0 Å². The number of nitrogens with one attached hydrogen (secondary N) is 1. The molecule has 0 bridgehead atoms. The Labute approximate surface area is 155 Å². The molecule has 0 saturated carbocycles. The average molecular weight is 379 g/mol. The van der Waals surface area contributed by atoms with Crippen LogP contribution in [0.25, 0.3) is 11.0 Å². The molecule has 1 fully saturated rings. The van der Waals surface area contributed by atoms with Gasteiger partial charge >= 0.3 is 6.03 Å². The van der Waals surface area contributed by atoms with Gasteiger partial charge in [-0.1, -0.05) is 0 Å². The van der Waals surface area contributed by atoms with Crippen molar-refractivity contribution in [3.8, 4) is 0 Å². The molecule has 0 radical (unpaired) electrons. The predicted octanol–water partition coefficient (Wildman–Crippen LogP) is 2.39. The summed E-state index contributed by atoms with van der Waals surface area (Å²) >= 11 is 0. The zero-order valence-corrected chi connectivity index (χ0v) is 15.6. The number of piperidine rings is 1. The highest BCUT2D eigenvalue weighted by molar-refractivity contribution is 5.97. The number of aromatic nitrogens is 2. The van der Waals surface area contributed by atoms with Crippen molar-refractivity contribution in [2.45, 2.75) is 25.3 Å². The zero-order chi connectivity index (χ0) is 19.7. The first-order valence-electron chi connectivity index (χ1n) is 8.79. The molecule has 1 aromatic heterocycles. The van der Waals surface area contributed by atoms with Gasteiger partial charge in [-0.3, -0.25) is 4.79 Å². The van der Waals surface area contributed by atoms with Gasteiger partial charge < -0.3 is 19.7 Å². The lowest BCUT2D eigenvalue weighted by atomic mass is 10.0. The molecule has 1 aliphatic rings. The van der Waals surface area contributed by atoms with Crippen LogP contribution in [0.15, 0.2) is 18.2 Å². The predicted molar refractivity (Wildman–Crippen MR) is 96.8 cm³/mol. The number of hydrogen-bond acceptors (Lipinski definition) is 3. The van der Waals surface area contributed by atoms with Gasteiger partial charge in [-0.25, -0.2) is 18.6 Å². The standard InChI is InChI=1S/C18H23F2N5O2/c1-23(2)18(27)21-12-5-4-8-25(10-12)17(26)11-6-7-14-13(9-11)22-16(15(19)20)24(14)3/h6-7,9,12,15H,4-5,8,10H2,1-3H3,(H,21,27). The lowest BCUT2D eigenvalue weighted by molar-refractivity contribution is 0.0696. The molecule has 3 rings (SSSR count). The Hall–Kier alpha value is -2.71. The van der Waals surface area contributed by atoms with E-state index in [0.29, 0.717) is 29.7 Å². The topological polar surface area (TPSA) is 70.5 Å². The number of rotatable bonds is 3. The molecule has 3 amide bonds. The molecule has 2 heterocycles. The lowest BCUT2D eigenvalue weighted by Gasteiger charge is -2.33. The van der Waals surface area contributed by atoms with E-state index in [9.17, 15) is 18.4 Å². The number of carbonyl (C=O) groups excluding carboxylic acids is 2. The van der Waals surface area contributed by atoms with Gasteiger partial charge in [0.15, 0.2) is 5.82 Å². The first kappa shape index (κ1) is 19.1. The first-order valence-corrected chi connectivity index (χ1v) is 8.79. The normalized spacial score (nSPS) is 17.4. The minimum atomic E-state index is -2.68. The van der Waals surface area contributed by atoms with Crippen LogP contribution < -0.4 is 5.32 Å². The van der Waals surface area contributed by atoms with Crippen molar-refractivity contribution in [2.75, 3.05) is 27.2 Å². The fraction of sp³-hybridized carbons (Fsp3) is 0.500. The Morgan fingerprint density at radius 1 is 1.33 bits per heavy atom. The monoisotopic (exact) mass is 379 g/mol. The maximum Gasteiger partial charge on any atom is 0.317 e. The molecule has 1 atom stereocenters. The summed E-state index contributed by atoms with van der Waals surface area (Å²) in [5.41, 5.74) is 1.32. The van der Waals surface area contributed by atoms with Crippen LogP contribution in [-0.4, -0.2) is 64.5 Å². The third-order valence-electron chi connectivity index (χ3n) is 4.80. The summed E-state index contributed by atoms with van der Waals surface area (Å²) < 4.78 is 27.4. The SMILES string of the molecule is CN(C)C(=O)NC1CCCN(C(=O)c2ccc3c(c2)nc(C(F)F)n3C)C1. The van der Waals surface area contributed by atoms with E-state index in [0.717, 1.165) is 12.8 Å². The largest absolute Gasteiger partial charge is 0.337 e. The van der Waals surface area contributed by atoms with E-state index in [1.165, 1.54) is 16.5 Å². The molecule has 27 heavy (non-hydrogen) atoms. The van der Waals surface area contributed by atoms with Crippen LogP contribution in [0.4, 0.5) is 13.6 Å². The second-order valence-corrected chi connectivity index (χ2v) is 6.97. The summed E-state index contributed by atoms with van der Waals surface area (Å²) in [4.78, 5) is 31.8.